The average molecular weight is 345 g/mol. The number of hydrogen-bond acceptors (Lipinski definition) is 5. The Hall–Kier alpha value is -1.66. The van der Waals surface area contributed by atoms with Crippen molar-refractivity contribution in [3.63, 3.8) is 0 Å². The highest BCUT2D eigenvalue weighted by atomic mass is 32.1. The van der Waals surface area contributed by atoms with Crippen LogP contribution in [0.3, 0.4) is 0 Å². The quantitative estimate of drug-likeness (QED) is 0.840. The van der Waals surface area contributed by atoms with Gasteiger partial charge in [0, 0.05) is 32.8 Å². The minimum absolute atomic E-state index is 0.169. The second kappa shape index (κ2) is 6.33. The van der Waals surface area contributed by atoms with Crippen molar-refractivity contribution in [1.82, 2.24) is 9.88 Å². The van der Waals surface area contributed by atoms with E-state index in [9.17, 15) is 4.79 Å². The first-order chi connectivity index (χ1) is 11.6. The second-order valence-corrected chi connectivity index (χ2v) is 7.67. The molecule has 0 bridgehead atoms. The maximum Gasteiger partial charge on any atom is 0.251 e. The number of fused-ring (bicyclic) bond motifs is 1. The summed E-state index contributed by atoms with van der Waals surface area (Å²) in [6.45, 7) is 8.19. The molecule has 1 aromatic heterocycles. The number of carbonyl (C=O) groups excluding carboxylic acids is 1. The Morgan fingerprint density at radius 2 is 2.04 bits per heavy atom. The minimum Gasteiger partial charge on any atom is -0.368 e. The summed E-state index contributed by atoms with van der Waals surface area (Å²) in [6, 6.07) is 4.33. The van der Waals surface area contributed by atoms with Crippen LogP contribution >= 0.6 is 11.3 Å². The highest BCUT2D eigenvalue weighted by molar-refractivity contribution is 7.22. The predicted molar refractivity (Wildman–Crippen MR) is 96.9 cm³/mol. The van der Waals surface area contributed by atoms with Gasteiger partial charge < -0.3 is 14.5 Å². The Labute approximate surface area is 146 Å². The molecular weight excluding hydrogens is 322 g/mol. The van der Waals surface area contributed by atoms with Gasteiger partial charge in [-0.1, -0.05) is 17.4 Å². The summed E-state index contributed by atoms with van der Waals surface area (Å²) in [7, 11) is 0. The fraction of sp³-hybridized carbons (Fsp3) is 0.556. The van der Waals surface area contributed by atoms with E-state index in [4.69, 9.17) is 9.72 Å². The third-order valence-corrected chi connectivity index (χ3v) is 6.22. The molecule has 0 spiro atoms. The first-order valence-corrected chi connectivity index (χ1v) is 9.47. The molecule has 2 aromatic rings. The molecule has 2 aliphatic rings. The molecular formula is C18H23N3O2S. The number of amides is 1. The lowest BCUT2D eigenvalue weighted by atomic mass is 10.1. The van der Waals surface area contributed by atoms with Gasteiger partial charge in [0.25, 0.3) is 5.91 Å². The molecule has 2 fully saturated rings. The van der Waals surface area contributed by atoms with Crippen LogP contribution in [0.4, 0.5) is 5.13 Å². The van der Waals surface area contributed by atoms with E-state index in [-0.39, 0.29) is 12.0 Å². The number of benzene rings is 1. The monoisotopic (exact) mass is 345 g/mol. The summed E-state index contributed by atoms with van der Waals surface area (Å²) >= 11 is 1.75. The number of nitrogens with zero attached hydrogens (tertiary/aromatic N) is 3. The number of rotatable bonds is 2. The van der Waals surface area contributed by atoms with E-state index in [1.54, 1.807) is 11.3 Å². The van der Waals surface area contributed by atoms with Gasteiger partial charge in [0.15, 0.2) is 5.13 Å². The Bertz CT molecular complexity index is 759. The average Bonchev–Trinajstić information content (AvgIpc) is 3.27. The molecule has 1 amide bonds. The summed E-state index contributed by atoms with van der Waals surface area (Å²) in [6.07, 6.45) is 1.67. The molecule has 1 aromatic carbocycles. The van der Waals surface area contributed by atoms with Crippen LogP contribution in [0.1, 0.15) is 24.0 Å². The van der Waals surface area contributed by atoms with E-state index < -0.39 is 0 Å². The zero-order chi connectivity index (χ0) is 16.7. The van der Waals surface area contributed by atoms with Crippen LogP contribution in [-0.4, -0.2) is 54.7 Å². The Morgan fingerprint density at radius 3 is 2.75 bits per heavy atom. The lowest BCUT2D eigenvalue weighted by molar-refractivity contribution is -0.141. The molecule has 2 saturated heterocycles. The fourth-order valence-electron chi connectivity index (χ4n) is 3.44. The van der Waals surface area contributed by atoms with Gasteiger partial charge in [0.2, 0.25) is 0 Å². The number of hydrogen-bond donors (Lipinski definition) is 0. The second-order valence-electron chi connectivity index (χ2n) is 6.66. The van der Waals surface area contributed by atoms with Gasteiger partial charge in [-0.15, -0.1) is 0 Å². The van der Waals surface area contributed by atoms with Gasteiger partial charge in [-0.05, 0) is 43.9 Å². The van der Waals surface area contributed by atoms with Crippen molar-refractivity contribution in [3.05, 3.63) is 23.3 Å². The van der Waals surface area contributed by atoms with Crippen LogP contribution < -0.4 is 4.90 Å². The Morgan fingerprint density at radius 1 is 1.25 bits per heavy atom. The molecule has 3 heterocycles. The normalized spacial score (nSPS) is 21.7. The van der Waals surface area contributed by atoms with Crippen LogP contribution in [-0.2, 0) is 9.53 Å². The Kier molecular flexibility index (Phi) is 4.18. The molecule has 1 unspecified atom stereocenters. The van der Waals surface area contributed by atoms with Crippen molar-refractivity contribution in [2.24, 2.45) is 0 Å². The number of anilines is 1. The highest BCUT2D eigenvalue weighted by Gasteiger charge is 2.30. The first-order valence-electron chi connectivity index (χ1n) is 8.65. The summed E-state index contributed by atoms with van der Waals surface area (Å²) in [5, 5.41) is 1.07. The van der Waals surface area contributed by atoms with Crippen molar-refractivity contribution in [3.8, 4) is 0 Å². The van der Waals surface area contributed by atoms with E-state index in [1.807, 2.05) is 4.90 Å². The fourth-order valence-corrected chi connectivity index (χ4v) is 4.52. The smallest absolute Gasteiger partial charge is 0.251 e. The third kappa shape index (κ3) is 2.78. The molecule has 24 heavy (non-hydrogen) atoms. The van der Waals surface area contributed by atoms with Crippen molar-refractivity contribution >= 4 is 32.6 Å². The highest BCUT2D eigenvalue weighted by Crippen LogP contribution is 2.32. The number of ether oxygens (including phenoxy) is 1. The number of thiazole rings is 1. The van der Waals surface area contributed by atoms with Crippen LogP contribution in [0.5, 0.6) is 0 Å². The maximum absolute atomic E-state index is 12.4. The van der Waals surface area contributed by atoms with Gasteiger partial charge >= 0.3 is 0 Å². The van der Waals surface area contributed by atoms with E-state index in [0.717, 1.165) is 56.3 Å². The molecule has 128 valence electrons. The van der Waals surface area contributed by atoms with Crippen molar-refractivity contribution in [2.75, 3.05) is 37.7 Å². The van der Waals surface area contributed by atoms with Crippen LogP contribution in [0, 0.1) is 13.8 Å². The maximum atomic E-state index is 12.4. The summed E-state index contributed by atoms with van der Waals surface area (Å²) in [5.74, 6) is 0.169. The lowest BCUT2D eigenvalue weighted by Crippen LogP contribution is -2.51. The molecule has 2 aliphatic heterocycles. The van der Waals surface area contributed by atoms with Gasteiger partial charge in [-0.2, -0.15) is 0 Å². The lowest BCUT2D eigenvalue weighted by Gasteiger charge is -2.35. The molecule has 1 atom stereocenters. The predicted octanol–water partition coefficient (Wildman–Crippen LogP) is 2.74. The van der Waals surface area contributed by atoms with Crippen molar-refractivity contribution < 1.29 is 9.53 Å². The zero-order valence-corrected chi connectivity index (χ0v) is 15.1. The van der Waals surface area contributed by atoms with Crippen LogP contribution in [0.2, 0.25) is 0 Å². The van der Waals surface area contributed by atoms with E-state index in [0.29, 0.717) is 0 Å². The Balaban J connectivity index is 1.46. The molecule has 0 N–H and O–H groups in total. The van der Waals surface area contributed by atoms with Crippen molar-refractivity contribution in [1.29, 1.82) is 0 Å². The third-order valence-electron chi connectivity index (χ3n) is 5.14. The number of piperazine rings is 1. The molecule has 0 aliphatic carbocycles. The zero-order valence-electron chi connectivity index (χ0n) is 14.2. The molecule has 0 saturated carbocycles. The first kappa shape index (κ1) is 15.8. The number of aryl methyl sites for hydroxylation is 2. The largest absolute Gasteiger partial charge is 0.368 e. The topological polar surface area (TPSA) is 45.7 Å². The summed E-state index contributed by atoms with van der Waals surface area (Å²) in [4.78, 5) is 21.6. The van der Waals surface area contributed by atoms with Gasteiger partial charge in [-0.3, -0.25) is 4.79 Å². The summed E-state index contributed by atoms with van der Waals surface area (Å²) < 4.78 is 6.77. The van der Waals surface area contributed by atoms with Gasteiger partial charge in [0.1, 0.15) is 6.10 Å². The van der Waals surface area contributed by atoms with Crippen molar-refractivity contribution in [2.45, 2.75) is 32.8 Å². The van der Waals surface area contributed by atoms with Gasteiger partial charge in [0.05, 0.1) is 10.2 Å². The molecule has 0 radical (unpaired) electrons. The van der Waals surface area contributed by atoms with Gasteiger partial charge in [-0.25, -0.2) is 4.98 Å². The van der Waals surface area contributed by atoms with E-state index in [1.165, 1.54) is 15.8 Å². The van der Waals surface area contributed by atoms with E-state index >= 15 is 0 Å². The van der Waals surface area contributed by atoms with Crippen LogP contribution in [0.25, 0.3) is 10.2 Å². The molecule has 5 nitrogen and oxygen atoms in total. The molecule has 4 rings (SSSR count). The van der Waals surface area contributed by atoms with Crippen LogP contribution in [0.15, 0.2) is 12.1 Å². The standard InChI is InChI=1S/C18H23N3O2S/c1-12-5-6-15-16(13(12)2)19-18(24-15)21-9-7-20(8-10-21)17(22)14-4-3-11-23-14/h5-6,14H,3-4,7-11H2,1-2H3. The van der Waals surface area contributed by atoms with E-state index in [2.05, 4.69) is 30.9 Å². The number of carbonyl (C=O) groups is 1. The molecule has 6 heteroatoms. The SMILES string of the molecule is Cc1ccc2sc(N3CCN(C(=O)C4CCCO4)CC3)nc2c1C. The summed E-state index contributed by atoms with van der Waals surface area (Å²) in [5.41, 5.74) is 3.67. The number of aromatic nitrogens is 1. The minimum atomic E-state index is -0.204.